The van der Waals surface area contributed by atoms with Gasteiger partial charge in [-0.1, -0.05) is 42.5 Å². The Labute approximate surface area is 126 Å². The molecule has 0 amide bonds. The molecular formula is C15H18ClNO2S. The van der Waals surface area contributed by atoms with E-state index in [4.69, 9.17) is 5.73 Å². The highest BCUT2D eigenvalue weighted by molar-refractivity contribution is 7.90. The quantitative estimate of drug-likeness (QED) is 0.947. The Morgan fingerprint density at radius 3 is 2.05 bits per heavy atom. The van der Waals surface area contributed by atoms with Crippen molar-refractivity contribution in [3.8, 4) is 11.1 Å². The Morgan fingerprint density at radius 2 is 1.55 bits per heavy atom. The molecule has 2 aromatic carbocycles. The molecule has 0 aliphatic heterocycles. The van der Waals surface area contributed by atoms with Crippen LogP contribution in [-0.4, -0.2) is 14.7 Å². The van der Waals surface area contributed by atoms with Gasteiger partial charge < -0.3 is 5.73 Å². The molecule has 0 radical (unpaired) electrons. The molecule has 2 aromatic rings. The van der Waals surface area contributed by atoms with Gasteiger partial charge in [0.15, 0.2) is 9.84 Å². The normalized spacial score (nSPS) is 12.6. The molecule has 0 saturated carbocycles. The zero-order valence-corrected chi connectivity index (χ0v) is 13.0. The first kappa shape index (κ1) is 16.7. The molecule has 0 unspecified atom stereocenters. The number of benzene rings is 2. The molecule has 0 spiro atoms. The van der Waals surface area contributed by atoms with Crippen LogP contribution in [0.2, 0.25) is 0 Å². The van der Waals surface area contributed by atoms with Gasteiger partial charge in [0, 0.05) is 17.9 Å². The van der Waals surface area contributed by atoms with E-state index in [-0.39, 0.29) is 18.4 Å². The van der Waals surface area contributed by atoms with Gasteiger partial charge in [0.05, 0.1) is 4.90 Å². The lowest BCUT2D eigenvalue weighted by Gasteiger charge is -2.10. The van der Waals surface area contributed by atoms with E-state index in [0.717, 1.165) is 16.7 Å². The first-order valence-corrected chi connectivity index (χ1v) is 7.94. The van der Waals surface area contributed by atoms with E-state index in [1.54, 1.807) is 12.1 Å². The van der Waals surface area contributed by atoms with Crippen LogP contribution in [0.3, 0.4) is 0 Å². The van der Waals surface area contributed by atoms with Crippen LogP contribution in [0.1, 0.15) is 18.5 Å². The van der Waals surface area contributed by atoms with Crippen molar-refractivity contribution in [3.05, 3.63) is 54.1 Å². The van der Waals surface area contributed by atoms with Crippen molar-refractivity contribution in [3.63, 3.8) is 0 Å². The Bertz CT molecular complexity index is 679. The summed E-state index contributed by atoms with van der Waals surface area (Å²) in [5, 5.41) is 0. The lowest BCUT2D eigenvalue weighted by molar-refractivity contribution is 0.602. The predicted molar refractivity (Wildman–Crippen MR) is 84.8 cm³/mol. The second kappa shape index (κ2) is 6.39. The van der Waals surface area contributed by atoms with Gasteiger partial charge in [-0.05, 0) is 24.1 Å². The van der Waals surface area contributed by atoms with Crippen molar-refractivity contribution in [2.45, 2.75) is 17.9 Å². The lowest BCUT2D eigenvalue weighted by atomic mass is 10.0. The molecule has 0 aliphatic carbocycles. The maximum Gasteiger partial charge on any atom is 0.176 e. The summed E-state index contributed by atoms with van der Waals surface area (Å²) in [6, 6.07) is 14.7. The van der Waals surface area contributed by atoms with Crippen LogP contribution >= 0.6 is 12.4 Å². The lowest BCUT2D eigenvalue weighted by Crippen LogP contribution is -2.04. The van der Waals surface area contributed by atoms with Crippen molar-refractivity contribution in [1.82, 2.24) is 0 Å². The minimum Gasteiger partial charge on any atom is -0.324 e. The molecule has 20 heavy (non-hydrogen) atoms. The predicted octanol–water partition coefficient (Wildman–Crippen LogP) is 3.20. The van der Waals surface area contributed by atoms with Crippen molar-refractivity contribution >= 4 is 22.2 Å². The van der Waals surface area contributed by atoms with E-state index in [1.807, 2.05) is 43.3 Å². The van der Waals surface area contributed by atoms with E-state index in [1.165, 1.54) is 6.26 Å². The second-order valence-corrected chi connectivity index (χ2v) is 6.66. The number of halogens is 1. The zero-order chi connectivity index (χ0) is 14.0. The number of sulfone groups is 1. The zero-order valence-electron chi connectivity index (χ0n) is 11.4. The summed E-state index contributed by atoms with van der Waals surface area (Å²) in [5.74, 6) is 0. The molecule has 1 atom stereocenters. The van der Waals surface area contributed by atoms with Gasteiger partial charge in [0.2, 0.25) is 0 Å². The molecule has 108 valence electrons. The van der Waals surface area contributed by atoms with Crippen LogP contribution in [0.5, 0.6) is 0 Å². The highest BCUT2D eigenvalue weighted by Crippen LogP contribution is 2.27. The van der Waals surface area contributed by atoms with E-state index in [9.17, 15) is 8.42 Å². The van der Waals surface area contributed by atoms with Crippen LogP contribution in [0, 0.1) is 0 Å². The Hall–Kier alpha value is -1.36. The summed E-state index contributed by atoms with van der Waals surface area (Å²) in [7, 11) is -3.23. The first-order chi connectivity index (χ1) is 8.89. The fourth-order valence-electron chi connectivity index (χ4n) is 1.99. The van der Waals surface area contributed by atoms with Gasteiger partial charge in [-0.3, -0.25) is 0 Å². The van der Waals surface area contributed by atoms with E-state index >= 15 is 0 Å². The maximum atomic E-state index is 11.8. The van der Waals surface area contributed by atoms with Gasteiger partial charge in [-0.2, -0.15) is 0 Å². The molecule has 0 fully saturated rings. The molecule has 0 aliphatic rings. The molecule has 2 N–H and O–H groups in total. The van der Waals surface area contributed by atoms with Crippen molar-refractivity contribution in [2.75, 3.05) is 6.26 Å². The van der Waals surface area contributed by atoms with Crippen molar-refractivity contribution in [2.24, 2.45) is 5.73 Å². The summed E-state index contributed by atoms with van der Waals surface area (Å²) >= 11 is 0. The number of nitrogens with two attached hydrogens (primary N) is 1. The minimum atomic E-state index is -3.23. The summed E-state index contributed by atoms with van der Waals surface area (Å²) < 4.78 is 23.6. The van der Waals surface area contributed by atoms with Crippen LogP contribution in [0.15, 0.2) is 53.4 Å². The molecule has 5 heteroatoms. The minimum absolute atomic E-state index is 0. The van der Waals surface area contributed by atoms with E-state index < -0.39 is 9.84 Å². The van der Waals surface area contributed by atoms with Crippen LogP contribution in [-0.2, 0) is 9.84 Å². The summed E-state index contributed by atoms with van der Waals surface area (Å²) in [6.07, 6.45) is 1.22. The third-order valence-electron chi connectivity index (χ3n) is 3.03. The van der Waals surface area contributed by atoms with Crippen LogP contribution in [0.4, 0.5) is 0 Å². The van der Waals surface area contributed by atoms with Gasteiger partial charge in [0.1, 0.15) is 0 Å². The number of hydrogen-bond donors (Lipinski definition) is 1. The maximum absolute atomic E-state index is 11.8. The second-order valence-electron chi connectivity index (χ2n) is 4.68. The van der Waals surface area contributed by atoms with Crippen LogP contribution < -0.4 is 5.73 Å². The summed E-state index contributed by atoms with van der Waals surface area (Å²) in [5.41, 5.74) is 8.44. The summed E-state index contributed by atoms with van der Waals surface area (Å²) in [4.78, 5) is 0.351. The average Bonchev–Trinajstić information content (AvgIpc) is 2.38. The van der Waals surface area contributed by atoms with Crippen LogP contribution in [0.25, 0.3) is 11.1 Å². The molecular weight excluding hydrogens is 294 g/mol. The molecule has 0 bridgehead atoms. The molecule has 0 saturated heterocycles. The third kappa shape index (κ3) is 3.60. The molecule has 0 aromatic heterocycles. The fourth-order valence-corrected chi connectivity index (χ4v) is 2.91. The molecule has 3 nitrogen and oxygen atoms in total. The van der Waals surface area contributed by atoms with E-state index in [0.29, 0.717) is 4.90 Å². The highest BCUT2D eigenvalue weighted by Gasteiger charge is 2.13. The Balaban J connectivity index is 0.00000200. The van der Waals surface area contributed by atoms with Gasteiger partial charge >= 0.3 is 0 Å². The Morgan fingerprint density at radius 1 is 1.00 bits per heavy atom. The monoisotopic (exact) mass is 311 g/mol. The highest BCUT2D eigenvalue weighted by atomic mass is 35.5. The van der Waals surface area contributed by atoms with E-state index in [2.05, 4.69) is 0 Å². The first-order valence-electron chi connectivity index (χ1n) is 6.04. The van der Waals surface area contributed by atoms with Crippen molar-refractivity contribution in [1.29, 1.82) is 0 Å². The van der Waals surface area contributed by atoms with Crippen molar-refractivity contribution < 1.29 is 8.42 Å². The Kier molecular flexibility index (Phi) is 5.34. The number of rotatable bonds is 3. The SMILES string of the molecule is C[C@@H](N)c1ccc(-c2ccccc2S(C)(=O)=O)cc1.Cl. The van der Waals surface area contributed by atoms with Gasteiger partial charge in [-0.25, -0.2) is 8.42 Å². The molecule has 2 rings (SSSR count). The molecule has 0 heterocycles. The topological polar surface area (TPSA) is 60.2 Å². The van der Waals surface area contributed by atoms with Gasteiger partial charge in [-0.15, -0.1) is 12.4 Å². The van der Waals surface area contributed by atoms with Gasteiger partial charge in [0.25, 0.3) is 0 Å². The third-order valence-corrected chi connectivity index (χ3v) is 4.19. The number of hydrogen-bond acceptors (Lipinski definition) is 3. The fraction of sp³-hybridized carbons (Fsp3) is 0.200. The standard InChI is InChI=1S/C15H17NO2S.ClH/c1-11(16)12-7-9-13(10-8-12)14-5-3-4-6-15(14)19(2,17)18;/h3-11H,16H2,1-2H3;1H/t11-;/m1./s1. The smallest absolute Gasteiger partial charge is 0.176 e. The largest absolute Gasteiger partial charge is 0.324 e. The summed E-state index contributed by atoms with van der Waals surface area (Å²) in [6.45, 7) is 1.92. The average molecular weight is 312 g/mol.